The van der Waals surface area contributed by atoms with E-state index in [2.05, 4.69) is 0 Å². The first-order valence-corrected chi connectivity index (χ1v) is 6.84. The molecule has 0 aliphatic heterocycles. The minimum atomic E-state index is -2.97. The Balaban J connectivity index is 3.74. The summed E-state index contributed by atoms with van der Waals surface area (Å²) in [7, 11) is -2.97. The topological polar surface area (TPSA) is 35.5 Å². The van der Waals surface area contributed by atoms with Gasteiger partial charge in [-0.15, -0.1) is 23.2 Å². The first kappa shape index (κ1) is 13.7. The maximum absolute atomic E-state index is 11.5. The van der Waals surface area contributed by atoms with Crippen molar-refractivity contribution in [3.8, 4) is 0 Å². The molecule has 3 nitrogen and oxygen atoms in total. The number of hydrogen-bond acceptors (Lipinski definition) is 3. The summed E-state index contributed by atoms with van der Waals surface area (Å²) in [6.07, 6.45) is 0. The van der Waals surface area contributed by atoms with Gasteiger partial charge in [-0.05, 0) is 13.8 Å². The molecular weight excluding hydrogens is 234 g/mol. The molecule has 13 heavy (non-hydrogen) atoms. The maximum atomic E-state index is 11.5. The van der Waals surface area contributed by atoms with Crippen LogP contribution in [0, 0.1) is 0 Å². The zero-order valence-electron chi connectivity index (χ0n) is 8.00. The highest BCUT2D eigenvalue weighted by Gasteiger charge is 2.18. The Bertz CT molecular complexity index is 169. The van der Waals surface area contributed by atoms with Crippen LogP contribution in [0.5, 0.6) is 0 Å². The normalized spacial score (nSPS) is 20.7. The minimum Gasteiger partial charge on any atom is -0.307 e. The zero-order chi connectivity index (χ0) is 10.5. The van der Waals surface area contributed by atoms with Crippen LogP contribution in [0.1, 0.15) is 13.8 Å². The van der Waals surface area contributed by atoms with Gasteiger partial charge in [-0.3, -0.25) is 4.57 Å². The lowest BCUT2D eigenvalue weighted by Crippen LogP contribution is -2.08. The van der Waals surface area contributed by atoms with Crippen LogP contribution in [0.25, 0.3) is 0 Å². The average molecular weight is 249 g/mol. The standard InChI is InChI=1S/C7H15Cl2O3P/c1-6(8)4-11-13(3,10)12-5-7(2)9/h6-7H,4-5H2,1-3H3. The van der Waals surface area contributed by atoms with Crippen molar-refractivity contribution in [3.63, 3.8) is 0 Å². The number of alkyl halides is 2. The van der Waals surface area contributed by atoms with Crippen molar-refractivity contribution in [1.29, 1.82) is 0 Å². The highest BCUT2D eigenvalue weighted by Crippen LogP contribution is 2.44. The average Bonchev–Trinajstić information content (AvgIpc) is 1.98. The SMILES string of the molecule is CC(Cl)COP(C)(=O)OCC(C)Cl. The highest BCUT2D eigenvalue weighted by atomic mass is 35.5. The van der Waals surface area contributed by atoms with Crippen LogP contribution >= 0.6 is 30.8 Å². The molecular formula is C7H15Cl2O3P. The Morgan fingerprint density at radius 2 is 1.46 bits per heavy atom. The Morgan fingerprint density at radius 3 is 1.69 bits per heavy atom. The summed E-state index contributed by atoms with van der Waals surface area (Å²) in [5, 5.41) is -0.351. The third-order valence-corrected chi connectivity index (χ3v) is 2.57. The predicted molar refractivity (Wildman–Crippen MR) is 56.1 cm³/mol. The van der Waals surface area contributed by atoms with Gasteiger partial charge < -0.3 is 9.05 Å². The second-order valence-electron chi connectivity index (χ2n) is 2.92. The van der Waals surface area contributed by atoms with Crippen molar-refractivity contribution < 1.29 is 13.6 Å². The van der Waals surface area contributed by atoms with Gasteiger partial charge in [0.05, 0.1) is 24.0 Å². The molecule has 0 rings (SSSR count). The molecule has 0 aromatic heterocycles. The highest BCUT2D eigenvalue weighted by molar-refractivity contribution is 7.52. The lowest BCUT2D eigenvalue weighted by molar-refractivity contribution is 0.211. The molecule has 0 aromatic rings. The fourth-order valence-electron chi connectivity index (χ4n) is 0.513. The molecule has 0 fully saturated rings. The molecule has 2 unspecified atom stereocenters. The van der Waals surface area contributed by atoms with Crippen LogP contribution < -0.4 is 0 Å². The third kappa shape index (κ3) is 9.04. The predicted octanol–water partition coefficient (Wildman–Crippen LogP) is 3.10. The quantitative estimate of drug-likeness (QED) is 0.536. The van der Waals surface area contributed by atoms with Crippen molar-refractivity contribution in [2.75, 3.05) is 19.9 Å². The van der Waals surface area contributed by atoms with Gasteiger partial charge in [0.1, 0.15) is 0 Å². The molecule has 0 aliphatic carbocycles. The van der Waals surface area contributed by atoms with E-state index in [4.69, 9.17) is 32.2 Å². The number of rotatable bonds is 6. The van der Waals surface area contributed by atoms with E-state index in [1.165, 1.54) is 6.66 Å². The van der Waals surface area contributed by atoms with Crippen LogP contribution in [0.3, 0.4) is 0 Å². The Morgan fingerprint density at radius 1 is 1.15 bits per heavy atom. The van der Waals surface area contributed by atoms with Crippen LogP contribution in [0.2, 0.25) is 0 Å². The van der Waals surface area contributed by atoms with Crippen molar-refractivity contribution in [3.05, 3.63) is 0 Å². The van der Waals surface area contributed by atoms with Gasteiger partial charge in [-0.25, -0.2) is 0 Å². The molecule has 0 saturated heterocycles. The van der Waals surface area contributed by atoms with E-state index in [0.717, 1.165) is 0 Å². The fraction of sp³-hybridized carbons (Fsp3) is 1.00. The largest absolute Gasteiger partial charge is 0.327 e. The van der Waals surface area contributed by atoms with Crippen molar-refractivity contribution in [2.45, 2.75) is 24.6 Å². The first-order chi connectivity index (χ1) is 5.83. The summed E-state index contributed by atoms with van der Waals surface area (Å²) >= 11 is 11.2. The smallest absolute Gasteiger partial charge is 0.307 e. The number of hydrogen-bond donors (Lipinski definition) is 0. The van der Waals surface area contributed by atoms with E-state index in [1.807, 2.05) is 0 Å². The van der Waals surface area contributed by atoms with Gasteiger partial charge in [0.15, 0.2) is 0 Å². The first-order valence-electron chi connectivity index (χ1n) is 3.98. The van der Waals surface area contributed by atoms with Gasteiger partial charge in [-0.2, -0.15) is 0 Å². The third-order valence-electron chi connectivity index (χ3n) is 1.08. The van der Waals surface area contributed by atoms with Crippen molar-refractivity contribution >= 4 is 30.8 Å². The van der Waals surface area contributed by atoms with E-state index in [9.17, 15) is 4.57 Å². The Hall–Kier alpha value is 0.730. The molecule has 0 aliphatic rings. The maximum Gasteiger partial charge on any atom is 0.327 e. The van der Waals surface area contributed by atoms with Crippen LogP contribution in [-0.4, -0.2) is 30.6 Å². The van der Waals surface area contributed by atoms with E-state index in [0.29, 0.717) is 0 Å². The summed E-state index contributed by atoms with van der Waals surface area (Å²) in [6.45, 7) is 5.35. The summed E-state index contributed by atoms with van der Waals surface area (Å²) in [5.41, 5.74) is 0. The summed E-state index contributed by atoms with van der Waals surface area (Å²) < 4.78 is 21.4. The van der Waals surface area contributed by atoms with Crippen molar-refractivity contribution in [1.82, 2.24) is 0 Å². The van der Waals surface area contributed by atoms with Crippen molar-refractivity contribution in [2.24, 2.45) is 0 Å². The molecule has 0 radical (unpaired) electrons. The van der Waals surface area contributed by atoms with Gasteiger partial charge in [0.25, 0.3) is 0 Å². The van der Waals surface area contributed by atoms with Gasteiger partial charge in [0.2, 0.25) is 0 Å². The molecule has 0 aromatic carbocycles. The monoisotopic (exact) mass is 248 g/mol. The molecule has 6 heteroatoms. The lowest BCUT2D eigenvalue weighted by Gasteiger charge is -2.15. The summed E-state index contributed by atoms with van der Waals surface area (Å²) in [4.78, 5) is 0. The van der Waals surface area contributed by atoms with E-state index < -0.39 is 7.60 Å². The van der Waals surface area contributed by atoms with E-state index in [-0.39, 0.29) is 24.0 Å². The lowest BCUT2D eigenvalue weighted by atomic mass is 10.5. The molecule has 80 valence electrons. The molecule has 0 heterocycles. The summed E-state index contributed by atoms with van der Waals surface area (Å²) in [6, 6.07) is 0. The minimum absolute atomic E-state index is 0.176. The van der Waals surface area contributed by atoms with E-state index >= 15 is 0 Å². The molecule has 0 amide bonds. The Kier molecular flexibility index (Phi) is 6.61. The second-order valence-corrected chi connectivity index (χ2v) is 6.47. The van der Waals surface area contributed by atoms with Gasteiger partial charge in [0, 0.05) is 6.66 Å². The zero-order valence-corrected chi connectivity index (χ0v) is 10.4. The van der Waals surface area contributed by atoms with Crippen LogP contribution in [0.15, 0.2) is 0 Å². The van der Waals surface area contributed by atoms with Crippen LogP contribution in [0.4, 0.5) is 0 Å². The molecule has 0 N–H and O–H groups in total. The molecule has 0 saturated carbocycles. The van der Waals surface area contributed by atoms with Gasteiger partial charge >= 0.3 is 7.60 Å². The number of halogens is 2. The fourth-order valence-corrected chi connectivity index (χ4v) is 1.88. The Labute approximate surface area is 89.2 Å². The molecule has 0 bridgehead atoms. The van der Waals surface area contributed by atoms with Gasteiger partial charge in [-0.1, -0.05) is 0 Å². The van der Waals surface area contributed by atoms with E-state index in [1.54, 1.807) is 13.8 Å². The summed E-state index contributed by atoms with van der Waals surface area (Å²) in [5.74, 6) is 0. The second kappa shape index (κ2) is 6.26. The van der Waals surface area contributed by atoms with Crippen LogP contribution in [-0.2, 0) is 13.6 Å². The molecule has 0 spiro atoms. The molecule has 2 atom stereocenters.